The largest absolute Gasteiger partial charge is 0.335 e. The third kappa shape index (κ3) is 3.07. The Morgan fingerprint density at radius 1 is 1.12 bits per heavy atom. The smallest absolute Gasteiger partial charge is 0.274 e. The van der Waals surface area contributed by atoms with E-state index in [1.54, 1.807) is 0 Å². The molecule has 0 N–H and O–H groups in total. The Hall–Kier alpha value is -2.19. The van der Waals surface area contributed by atoms with Gasteiger partial charge in [0.1, 0.15) is 0 Å². The lowest BCUT2D eigenvalue weighted by atomic mass is 10.2. The maximum absolute atomic E-state index is 12.9. The second kappa shape index (κ2) is 6.27. The summed E-state index contributed by atoms with van der Waals surface area (Å²) in [5, 5.41) is 8.77. The van der Waals surface area contributed by atoms with E-state index < -0.39 is 0 Å². The molecule has 0 unspecified atom stereocenters. The average Bonchev–Trinajstić information content (AvgIpc) is 3.25. The molecule has 0 bridgehead atoms. The number of piperazine rings is 1. The fourth-order valence-corrected chi connectivity index (χ4v) is 3.71. The summed E-state index contributed by atoms with van der Waals surface area (Å²) < 4.78 is 3.70. The van der Waals surface area contributed by atoms with E-state index in [-0.39, 0.29) is 5.91 Å². The van der Waals surface area contributed by atoms with Crippen LogP contribution in [-0.2, 0) is 33.7 Å². The molecule has 0 aromatic carbocycles. The van der Waals surface area contributed by atoms with Gasteiger partial charge in [-0.05, 0) is 7.05 Å². The molecule has 4 heterocycles. The number of rotatable bonds is 3. The van der Waals surface area contributed by atoms with Crippen molar-refractivity contribution in [2.24, 2.45) is 14.1 Å². The van der Waals surface area contributed by atoms with Crippen LogP contribution in [0.2, 0.25) is 0 Å². The first kappa shape index (κ1) is 16.3. The molecule has 2 aliphatic heterocycles. The number of carbonyl (C=O) groups excluding carboxylic acids is 1. The van der Waals surface area contributed by atoms with Crippen molar-refractivity contribution in [1.82, 2.24) is 34.3 Å². The van der Waals surface area contributed by atoms with Gasteiger partial charge >= 0.3 is 0 Å². The molecule has 2 aromatic rings. The number of fused-ring (bicyclic) bond motifs is 1. The van der Waals surface area contributed by atoms with Crippen molar-refractivity contribution >= 4 is 5.91 Å². The van der Waals surface area contributed by atoms with Crippen LogP contribution in [0, 0.1) is 0 Å². The third-order valence-corrected chi connectivity index (χ3v) is 5.19. The molecule has 0 spiro atoms. The number of aryl methyl sites for hydroxylation is 2. The maximum Gasteiger partial charge on any atom is 0.274 e. The highest BCUT2D eigenvalue weighted by Crippen LogP contribution is 2.27. The highest BCUT2D eigenvalue weighted by Gasteiger charge is 2.32. The molecule has 25 heavy (non-hydrogen) atoms. The first-order chi connectivity index (χ1) is 12.0. The molecular weight excluding hydrogens is 318 g/mol. The van der Waals surface area contributed by atoms with Gasteiger partial charge in [0.25, 0.3) is 5.91 Å². The Labute approximate surface area is 147 Å². The van der Waals surface area contributed by atoms with E-state index in [4.69, 9.17) is 0 Å². The summed E-state index contributed by atoms with van der Waals surface area (Å²) >= 11 is 0. The van der Waals surface area contributed by atoms with Gasteiger partial charge in [0, 0.05) is 77.2 Å². The molecule has 4 rings (SSSR count). The molecule has 1 saturated heterocycles. The van der Waals surface area contributed by atoms with Gasteiger partial charge in [0.05, 0.1) is 11.9 Å². The first-order valence-electron chi connectivity index (χ1n) is 8.73. The fourth-order valence-electron chi connectivity index (χ4n) is 3.71. The van der Waals surface area contributed by atoms with Gasteiger partial charge in [0.2, 0.25) is 0 Å². The zero-order valence-electron chi connectivity index (χ0n) is 15.1. The summed E-state index contributed by atoms with van der Waals surface area (Å²) in [7, 11) is 5.96. The lowest BCUT2D eigenvalue weighted by molar-refractivity contribution is 0.0655. The summed E-state index contributed by atoms with van der Waals surface area (Å²) in [6.07, 6.45) is 3.94. The second-order valence-corrected chi connectivity index (χ2v) is 7.16. The number of carbonyl (C=O) groups is 1. The summed E-state index contributed by atoms with van der Waals surface area (Å²) in [6, 6.07) is 0. The van der Waals surface area contributed by atoms with Crippen LogP contribution in [0.1, 0.15) is 27.3 Å². The van der Waals surface area contributed by atoms with Crippen LogP contribution in [0.3, 0.4) is 0 Å². The summed E-state index contributed by atoms with van der Waals surface area (Å²) in [6.45, 7) is 5.84. The Bertz CT molecular complexity index is 785. The van der Waals surface area contributed by atoms with Crippen molar-refractivity contribution < 1.29 is 4.79 Å². The van der Waals surface area contributed by atoms with E-state index in [1.807, 2.05) is 40.8 Å². The van der Waals surface area contributed by atoms with Crippen LogP contribution in [0.15, 0.2) is 12.4 Å². The van der Waals surface area contributed by atoms with Gasteiger partial charge in [-0.2, -0.15) is 10.2 Å². The van der Waals surface area contributed by atoms with Gasteiger partial charge in [-0.25, -0.2) is 0 Å². The molecule has 0 atom stereocenters. The van der Waals surface area contributed by atoms with Crippen LogP contribution in [0.5, 0.6) is 0 Å². The molecule has 134 valence electrons. The van der Waals surface area contributed by atoms with Crippen molar-refractivity contribution in [2.45, 2.75) is 19.6 Å². The average molecular weight is 343 g/mol. The minimum atomic E-state index is 0.0770. The topological polar surface area (TPSA) is 62.4 Å². The third-order valence-electron chi connectivity index (χ3n) is 5.19. The van der Waals surface area contributed by atoms with Crippen LogP contribution in [0.4, 0.5) is 0 Å². The quantitative estimate of drug-likeness (QED) is 0.788. The second-order valence-electron chi connectivity index (χ2n) is 7.16. The van der Waals surface area contributed by atoms with Gasteiger partial charge in [-0.15, -0.1) is 0 Å². The van der Waals surface area contributed by atoms with E-state index in [0.29, 0.717) is 5.69 Å². The number of nitrogens with zero attached hydrogens (tertiary/aromatic N) is 7. The zero-order chi connectivity index (χ0) is 17.6. The van der Waals surface area contributed by atoms with Crippen LogP contribution in [-0.4, -0.2) is 73.4 Å². The van der Waals surface area contributed by atoms with E-state index in [1.165, 1.54) is 5.56 Å². The highest BCUT2D eigenvalue weighted by atomic mass is 16.2. The number of likely N-dealkylation sites (N-methyl/N-ethyl adjacent to an activating group) is 1. The van der Waals surface area contributed by atoms with Gasteiger partial charge in [-0.3, -0.25) is 19.1 Å². The summed E-state index contributed by atoms with van der Waals surface area (Å²) in [4.78, 5) is 19.5. The van der Waals surface area contributed by atoms with E-state index >= 15 is 0 Å². The SMILES string of the molecule is CN1CCN(C(=O)c2nn(C)c3c2CN(Cc2cnn(C)c2)C3)CC1. The Morgan fingerprint density at radius 2 is 1.88 bits per heavy atom. The molecule has 8 heteroatoms. The van der Waals surface area contributed by atoms with Crippen LogP contribution < -0.4 is 0 Å². The van der Waals surface area contributed by atoms with Crippen molar-refractivity contribution in [1.29, 1.82) is 0 Å². The Morgan fingerprint density at radius 3 is 2.56 bits per heavy atom. The molecule has 2 aliphatic rings. The van der Waals surface area contributed by atoms with Gasteiger partial charge in [-0.1, -0.05) is 0 Å². The van der Waals surface area contributed by atoms with Crippen molar-refractivity contribution in [3.05, 3.63) is 34.9 Å². The first-order valence-corrected chi connectivity index (χ1v) is 8.73. The van der Waals surface area contributed by atoms with E-state index in [0.717, 1.165) is 57.1 Å². The molecule has 2 aromatic heterocycles. The summed E-state index contributed by atoms with van der Waals surface area (Å²) in [5.74, 6) is 0.0770. The van der Waals surface area contributed by atoms with Crippen molar-refractivity contribution in [2.75, 3.05) is 33.2 Å². The molecule has 8 nitrogen and oxygen atoms in total. The predicted molar refractivity (Wildman–Crippen MR) is 92.8 cm³/mol. The molecule has 1 amide bonds. The van der Waals surface area contributed by atoms with Crippen LogP contribution in [0.25, 0.3) is 0 Å². The molecular formula is C17H25N7O. The predicted octanol–water partition coefficient (Wildman–Crippen LogP) is 0.0570. The Balaban J connectivity index is 1.50. The fraction of sp³-hybridized carbons (Fsp3) is 0.588. The number of hydrogen-bond donors (Lipinski definition) is 0. The minimum absolute atomic E-state index is 0.0770. The molecule has 1 fully saturated rings. The van der Waals surface area contributed by atoms with Gasteiger partial charge < -0.3 is 9.80 Å². The van der Waals surface area contributed by atoms with E-state index in [2.05, 4.69) is 27.0 Å². The van der Waals surface area contributed by atoms with Crippen molar-refractivity contribution in [3.8, 4) is 0 Å². The minimum Gasteiger partial charge on any atom is -0.335 e. The summed E-state index contributed by atoms with van der Waals surface area (Å²) in [5.41, 5.74) is 4.07. The lowest BCUT2D eigenvalue weighted by Gasteiger charge is -2.32. The van der Waals surface area contributed by atoms with Crippen LogP contribution >= 0.6 is 0 Å². The maximum atomic E-state index is 12.9. The molecule has 0 radical (unpaired) electrons. The number of hydrogen-bond acceptors (Lipinski definition) is 5. The standard InChI is InChI=1S/C17H25N7O/c1-20-4-6-24(7-5-20)17(25)16-14-11-23(12-15(14)22(3)19-16)10-13-8-18-21(2)9-13/h8-9H,4-7,10-12H2,1-3H3. The highest BCUT2D eigenvalue weighted by molar-refractivity contribution is 5.94. The van der Waals surface area contributed by atoms with Crippen molar-refractivity contribution in [3.63, 3.8) is 0 Å². The lowest BCUT2D eigenvalue weighted by Crippen LogP contribution is -2.47. The number of amides is 1. The Kier molecular flexibility index (Phi) is 4.09. The molecule has 0 saturated carbocycles. The molecule has 0 aliphatic carbocycles. The monoisotopic (exact) mass is 343 g/mol. The zero-order valence-corrected chi connectivity index (χ0v) is 15.1. The normalized spacial score (nSPS) is 18.8. The van der Waals surface area contributed by atoms with E-state index in [9.17, 15) is 4.79 Å². The number of aromatic nitrogens is 4. The van der Waals surface area contributed by atoms with Gasteiger partial charge in [0.15, 0.2) is 5.69 Å².